The summed E-state index contributed by atoms with van der Waals surface area (Å²) >= 11 is 0. The second-order valence-corrected chi connectivity index (χ2v) is 7.18. The van der Waals surface area contributed by atoms with Crippen molar-refractivity contribution in [3.8, 4) is 5.75 Å². The number of nitrogens with zero attached hydrogens (tertiary/aromatic N) is 1. The van der Waals surface area contributed by atoms with Crippen molar-refractivity contribution in [2.75, 3.05) is 31.6 Å². The quantitative estimate of drug-likeness (QED) is 0.582. The monoisotopic (exact) mass is 385 g/mol. The first kappa shape index (κ1) is 20.1. The van der Waals surface area contributed by atoms with E-state index >= 15 is 0 Å². The maximum absolute atomic E-state index is 10.9. The van der Waals surface area contributed by atoms with E-state index in [-0.39, 0.29) is 6.61 Å². The van der Waals surface area contributed by atoms with Gasteiger partial charge in [-0.3, -0.25) is 0 Å². The molecule has 2 aromatic rings. The summed E-state index contributed by atoms with van der Waals surface area (Å²) in [4.78, 5) is 12.9. The van der Waals surface area contributed by atoms with Crippen LogP contribution in [-0.4, -0.2) is 53.5 Å². The standard InChI is InChI=1S/C21H27N3O4/c22-20(26)23-17-6-8-19(9-7-17)28-15-18(25)14-24-12-10-21(27,11-13-24)16-4-2-1-3-5-16/h1-9,18,25,27H,10-15H2,(H3,22,23,26). The normalized spacial score (nSPS) is 17.6. The average Bonchev–Trinajstić information content (AvgIpc) is 2.70. The molecule has 0 spiro atoms. The van der Waals surface area contributed by atoms with Crippen molar-refractivity contribution in [3.05, 3.63) is 60.2 Å². The van der Waals surface area contributed by atoms with E-state index in [0.717, 1.165) is 18.7 Å². The van der Waals surface area contributed by atoms with Gasteiger partial charge >= 0.3 is 6.03 Å². The van der Waals surface area contributed by atoms with E-state index in [4.69, 9.17) is 10.5 Å². The summed E-state index contributed by atoms with van der Waals surface area (Å²) in [5, 5.41) is 23.6. The van der Waals surface area contributed by atoms with Gasteiger partial charge in [-0.15, -0.1) is 0 Å². The fraction of sp³-hybridized carbons (Fsp3) is 0.381. The van der Waals surface area contributed by atoms with Gasteiger partial charge in [-0.1, -0.05) is 30.3 Å². The number of hydrogen-bond acceptors (Lipinski definition) is 5. The minimum absolute atomic E-state index is 0.169. The number of nitrogens with one attached hydrogen (secondary N) is 1. The molecule has 0 aliphatic carbocycles. The van der Waals surface area contributed by atoms with Gasteiger partial charge in [0.25, 0.3) is 0 Å². The predicted octanol–water partition coefficient (Wildman–Crippen LogP) is 1.90. The largest absolute Gasteiger partial charge is 0.491 e. The maximum atomic E-state index is 10.9. The molecule has 150 valence electrons. The number of urea groups is 1. The second kappa shape index (κ2) is 9.05. The van der Waals surface area contributed by atoms with Crippen molar-refractivity contribution < 1.29 is 19.7 Å². The van der Waals surface area contributed by atoms with Crippen LogP contribution < -0.4 is 15.8 Å². The average molecular weight is 385 g/mol. The molecular weight excluding hydrogens is 358 g/mol. The summed E-state index contributed by atoms with van der Waals surface area (Å²) in [5.74, 6) is 0.603. The first-order valence-corrected chi connectivity index (χ1v) is 9.42. The van der Waals surface area contributed by atoms with E-state index in [1.165, 1.54) is 0 Å². The topological polar surface area (TPSA) is 108 Å². The molecule has 7 nitrogen and oxygen atoms in total. The highest BCUT2D eigenvalue weighted by Crippen LogP contribution is 2.32. The van der Waals surface area contributed by atoms with Gasteiger partial charge in [0, 0.05) is 25.3 Å². The Hall–Kier alpha value is -2.61. The number of amides is 2. The Bertz CT molecular complexity index is 759. The van der Waals surface area contributed by atoms with Crippen LogP contribution in [0.3, 0.4) is 0 Å². The van der Waals surface area contributed by atoms with E-state index in [9.17, 15) is 15.0 Å². The Morgan fingerprint density at radius 1 is 1.14 bits per heavy atom. The van der Waals surface area contributed by atoms with Crippen LogP contribution in [0.4, 0.5) is 10.5 Å². The molecule has 5 N–H and O–H groups in total. The van der Waals surface area contributed by atoms with Gasteiger partial charge in [0.2, 0.25) is 0 Å². The van der Waals surface area contributed by atoms with Crippen LogP contribution in [0.25, 0.3) is 0 Å². The Kier molecular flexibility index (Phi) is 6.51. The highest BCUT2D eigenvalue weighted by atomic mass is 16.5. The highest BCUT2D eigenvalue weighted by Gasteiger charge is 2.34. The molecule has 1 saturated heterocycles. The molecule has 0 saturated carbocycles. The third-order valence-electron chi connectivity index (χ3n) is 5.03. The van der Waals surface area contributed by atoms with E-state index < -0.39 is 17.7 Å². The zero-order valence-corrected chi connectivity index (χ0v) is 15.8. The summed E-state index contributed by atoms with van der Waals surface area (Å²) in [5.41, 5.74) is 5.81. The molecule has 1 heterocycles. The Balaban J connectivity index is 1.42. The maximum Gasteiger partial charge on any atom is 0.316 e. The SMILES string of the molecule is NC(=O)Nc1ccc(OCC(O)CN2CCC(O)(c3ccccc3)CC2)cc1. The van der Waals surface area contributed by atoms with Crippen molar-refractivity contribution in [2.45, 2.75) is 24.5 Å². The number of β-amino-alcohol motifs (C(OH)–C–C–N with tert-alkyl or cyclic N) is 1. The van der Waals surface area contributed by atoms with Gasteiger partial charge in [0.1, 0.15) is 18.5 Å². The van der Waals surface area contributed by atoms with Crippen LogP contribution in [0.5, 0.6) is 5.75 Å². The molecule has 1 atom stereocenters. The minimum Gasteiger partial charge on any atom is -0.491 e. The molecule has 1 unspecified atom stereocenters. The number of carbonyl (C=O) groups is 1. The van der Waals surface area contributed by atoms with Crippen LogP contribution in [-0.2, 0) is 5.60 Å². The second-order valence-electron chi connectivity index (χ2n) is 7.18. The molecule has 0 bridgehead atoms. The number of benzene rings is 2. The zero-order chi connectivity index (χ0) is 20.0. The molecule has 0 radical (unpaired) electrons. The lowest BCUT2D eigenvalue weighted by Crippen LogP contribution is -2.46. The molecule has 1 fully saturated rings. The smallest absolute Gasteiger partial charge is 0.316 e. The minimum atomic E-state index is -0.792. The Labute approximate surface area is 164 Å². The number of carbonyl (C=O) groups excluding carboxylic acids is 1. The van der Waals surface area contributed by atoms with Gasteiger partial charge in [-0.25, -0.2) is 4.79 Å². The molecule has 1 aliphatic rings. The first-order chi connectivity index (χ1) is 13.4. The fourth-order valence-corrected chi connectivity index (χ4v) is 3.46. The fourth-order valence-electron chi connectivity index (χ4n) is 3.46. The van der Waals surface area contributed by atoms with E-state index in [1.54, 1.807) is 24.3 Å². The van der Waals surface area contributed by atoms with Crippen LogP contribution >= 0.6 is 0 Å². The van der Waals surface area contributed by atoms with Crippen molar-refractivity contribution in [1.29, 1.82) is 0 Å². The van der Waals surface area contributed by atoms with Crippen molar-refractivity contribution >= 4 is 11.7 Å². The number of ether oxygens (including phenoxy) is 1. The summed E-state index contributed by atoms with van der Waals surface area (Å²) in [7, 11) is 0. The lowest BCUT2D eigenvalue weighted by Gasteiger charge is -2.39. The summed E-state index contributed by atoms with van der Waals surface area (Å²) in [6.45, 7) is 2.10. The summed E-state index contributed by atoms with van der Waals surface area (Å²) in [6, 6.07) is 15.9. The number of piperidine rings is 1. The highest BCUT2D eigenvalue weighted by molar-refractivity contribution is 5.87. The molecule has 7 heteroatoms. The third kappa shape index (κ3) is 5.45. The molecular formula is C21H27N3O4. The number of nitrogens with two attached hydrogens (primary N) is 1. The molecule has 28 heavy (non-hydrogen) atoms. The third-order valence-corrected chi connectivity index (χ3v) is 5.03. The number of aliphatic hydroxyl groups excluding tert-OH is 1. The number of rotatable bonds is 7. The number of hydrogen-bond donors (Lipinski definition) is 4. The lowest BCUT2D eigenvalue weighted by molar-refractivity contribution is -0.0372. The van der Waals surface area contributed by atoms with Crippen LogP contribution in [0.2, 0.25) is 0 Å². The lowest BCUT2D eigenvalue weighted by atomic mass is 9.84. The van der Waals surface area contributed by atoms with Crippen molar-refractivity contribution in [2.24, 2.45) is 5.73 Å². The number of anilines is 1. The van der Waals surface area contributed by atoms with Gasteiger partial charge in [-0.05, 0) is 42.7 Å². The number of aliphatic hydroxyl groups is 2. The van der Waals surface area contributed by atoms with E-state index in [0.29, 0.717) is 30.8 Å². The molecule has 1 aliphatic heterocycles. The van der Waals surface area contributed by atoms with Crippen LogP contribution in [0.1, 0.15) is 18.4 Å². The number of primary amides is 1. The van der Waals surface area contributed by atoms with Crippen molar-refractivity contribution in [1.82, 2.24) is 4.90 Å². The van der Waals surface area contributed by atoms with Crippen molar-refractivity contribution in [3.63, 3.8) is 0 Å². The predicted molar refractivity (Wildman–Crippen MR) is 107 cm³/mol. The number of likely N-dealkylation sites (tertiary alicyclic amines) is 1. The molecule has 0 aromatic heterocycles. The molecule has 2 amide bonds. The van der Waals surface area contributed by atoms with Gasteiger partial charge in [0.15, 0.2) is 0 Å². The first-order valence-electron chi connectivity index (χ1n) is 9.42. The van der Waals surface area contributed by atoms with Crippen LogP contribution in [0.15, 0.2) is 54.6 Å². The van der Waals surface area contributed by atoms with E-state index in [1.807, 2.05) is 30.3 Å². The van der Waals surface area contributed by atoms with Gasteiger partial charge < -0.3 is 30.9 Å². The Morgan fingerprint density at radius 2 is 1.79 bits per heavy atom. The summed E-state index contributed by atoms with van der Waals surface area (Å²) < 4.78 is 5.61. The van der Waals surface area contributed by atoms with Crippen LogP contribution in [0, 0.1) is 0 Å². The zero-order valence-electron chi connectivity index (χ0n) is 15.8. The van der Waals surface area contributed by atoms with Gasteiger partial charge in [-0.2, -0.15) is 0 Å². The van der Waals surface area contributed by atoms with Gasteiger partial charge in [0.05, 0.1) is 5.60 Å². The molecule has 2 aromatic carbocycles. The Morgan fingerprint density at radius 3 is 2.39 bits per heavy atom. The van der Waals surface area contributed by atoms with E-state index in [2.05, 4.69) is 10.2 Å². The molecule has 3 rings (SSSR count). The summed E-state index contributed by atoms with van der Waals surface area (Å²) in [6.07, 6.45) is 0.643.